The first kappa shape index (κ1) is 25.0. The fourth-order valence-electron chi connectivity index (χ4n) is 3.09. The number of methoxy groups -OCH3 is 1. The predicted molar refractivity (Wildman–Crippen MR) is 123 cm³/mol. The summed E-state index contributed by atoms with van der Waals surface area (Å²) in [4.78, 5) is 11.4. The summed E-state index contributed by atoms with van der Waals surface area (Å²) in [5, 5.41) is 0. The van der Waals surface area contributed by atoms with Crippen molar-refractivity contribution in [2.24, 2.45) is 0 Å². The lowest BCUT2D eigenvalue weighted by Crippen LogP contribution is -2.01. The molecule has 0 fully saturated rings. The van der Waals surface area contributed by atoms with E-state index in [1.54, 1.807) is 12.1 Å². The molecule has 162 valence electrons. The lowest BCUT2D eigenvalue weighted by atomic mass is 10.1. The van der Waals surface area contributed by atoms with Crippen LogP contribution in [0.25, 0.3) is 0 Å². The van der Waals surface area contributed by atoms with Crippen molar-refractivity contribution in [3.8, 4) is 5.75 Å². The summed E-state index contributed by atoms with van der Waals surface area (Å²) in [6.07, 6.45) is 24.2. The molecule has 0 aliphatic carbocycles. The van der Waals surface area contributed by atoms with Crippen molar-refractivity contribution in [3.05, 3.63) is 54.1 Å². The Labute approximate surface area is 178 Å². The molecule has 29 heavy (non-hydrogen) atoms. The van der Waals surface area contributed by atoms with E-state index in [4.69, 9.17) is 4.74 Å². The van der Waals surface area contributed by atoms with Gasteiger partial charge in [-0.25, -0.2) is 4.79 Å². The van der Waals surface area contributed by atoms with Crippen LogP contribution in [0.2, 0.25) is 0 Å². The maximum absolute atomic E-state index is 11.4. The Kier molecular flexibility index (Phi) is 15.5. The van der Waals surface area contributed by atoms with Crippen molar-refractivity contribution in [1.82, 2.24) is 0 Å². The van der Waals surface area contributed by atoms with E-state index in [1.165, 1.54) is 71.3 Å². The van der Waals surface area contributed by atoms with E-state index in [-0.39, 0.29) is 5.97 Å². The summed E-state index contributed by atoms with van der Waals surface area (Å²) in [6, 6.07) is 7.11. The SMILES string of the molecule is CCCCC/C=C\C/C=C\CCCCCCCCOc1ccc(C(=O)OC)cc1. The van der Waals surface area contributed by atoms with Crippen molar-refractivity contribution >= 4 is 5.97 Å². The van der Waals surface area contributed by atoms with Gasteiger partial charge in [-0.05, 0) is 62.8 Å². The highest BCUT2D eigenvalue weighted by molar-refractivity contribution is 5.89. The Morgan fingerprint density at radius 2 is 1.38 bits per heavy atom. The highest BCUT2D eigenvalue weighted by Crippen LogP contribution is 2.14. The van der Waals surface area contributed by atoms with Gasteiger partial charge in [-0.15, -0.1) is 0 Å². The van der Waals surface area contributed by atoms with E-state index in [0.717, 1.165) is 25.2 Å². The molecule has 0 amide bonds. The average Bonchev–Trinajstić information content (AvgIpc) is 2.75. The molecule has 0 radical (unpaired) electrons. The zero-order valence-electron chi connectivity index (χ0n) is 18.5. The summed E-state index contributed by atoms with van der Waals surface area (Å²) in [6.45, 7) is 2.98. The van der Waals surface area contributed by atoms with Gasteiger partial charge in [-0.1, -0.05) is 69.8 Å². The minimum atomic E-state index is -0.318. The zero-order chi connectivity index (χ0) is 21.0. The smallest absolute Gasteiger partial charge is 0.337 e. The van der Waals surface area contributed by atoms with Crippen molar-refractivity contribution < 1.29 is 14.3 Å². The van der Waals surface area contributed by atoms with Crippen LogP contribution >= 0.6 is 0 Å². The minimum Gasteiger partial charge on any atom is -0.494 e. The van der Waals surface area contributed by atoms with Gasteiger partial charge in [-0.2, -0.15) is 0 Å². The number of hydrogen-bond acceptors (Lipinski definition) is 3. The lowest BCUT2D eigenvalue weighted by molar-refractivity contribution is 0.0600. The summed E-state index contributed by atoms with van der Waals surface area (Å²) in [5.74, 6) is 0.488. The number of carbonyl (C=O) groups excluding carboxylic acids is 1. The van der Waals surface area contributed by atoms with E-state index in [2.05, 4.69) is 36.0 Å². The van der Waals surface area contributed by atoms with Gasteiger partial charge in [0.05, 0.1) is 19.3 Å². The number of esters is 1. The van der Waals surface area contributed by atoms with Gasteiger partial charge < -0.3 is 9.47 Å². The largest absolute Gasteiger partial charge is 0.494 e. The van der Waals surface area contributed by atoms with Crippen molar-refractivity contribution in [1.29, 1.82) is 0 Å². The van der Waals surface area contributed by atoms with Crippen LogP contribution in [-0.2, 0) is 4.74 Å². The zero-order valence-corrected chi connectivity index (χ0v) is 18.5. The molecule has 0 aromatic heterocycles. The maximum Gasteiger partial charge on any atom is 0.337 e. The number of ether oxygens (including phenoxy) is 2. The fraction of sp³-hybridized carbons (Fsp3) is 0.577. The van der Waals surface area contributed by atoms with E-state index in [0.29, 0.717) is 5.56 Å². The topological polar surface area (TPSA) is 35.5 Å². The van der Waals surface area contributed by atoms with Gasteiger partial charge in [0.1, 0.15) is 5.75 Å². The molecule has 0 bridgehead atoms. The van der Waals surface area contributed by atoms with Crippen molar-refractivity contribution in [2.45, 2.75) is 84.0 Å². The molecule has 0 aliphatic heterocycles. The molecule has 3 nitrogen and oxygen atoms in total. The Morgan fingerprint density at radius 3 is 2.00 bits per heavy atom. The molecule has 0 saturated heterocycles. The summed E-state index contributed by atoms with van der Waals surface area (Å²) in [5.41, 5.74) is 0.550. The van der Waals surface area contributed by atoms with E-state index >= 15 is 0 Å². The molecule has 0 unspecified atom stereocenters. The molecule has 0 spiro atoms. The third kappa shape index (κ3) is 13.7. The first-order chi connectivity index (χ1) is 14.3. The molecule has 1 aromatic rings. The molecular weight excluding hydrogens is 360 g/mol. The van der Waals surface area contributed by atoms with Gasteiger partial charge in [-0.3, -0.25) is 0 Å². The van der Waals surface area contributed by atoms with Crippen LogP contribution in [0.4, 0.5) is 0 Å². The number of unbranched alkanes of at least 4 members (excludes halogenated alkanes) is 9. The first-order valence-electron chi connectivity index (χ1n) is 11.4. The van der Waals surface area contributed by atoms with Crippen LogP contribution in [0.15, 0.2) is 48.6 Å². The molecule has 1 aromatic carbocycles. The van der Waals surface area contributed by atoms with E-state index < -0.39 is 0 Å². The van der Waals surface area contributed by atoms with Gasteiger partial charge in [0.15, 0.2) is 0 Å². The van der Waals surface area contributed by atoms with Crippen molar-refractivity contribution in [3.63, 3.8) is 0 Å². The third-order valence-corrected chi connectivity index (χ3v) is 4.89. The van der Waals surface area contributed by atoms with Crippen LogP contribution in [0, 0.1) is 0 Å². The predicted octanol–water partition coefficient (Wildman–Crippen LogP) is 7.67. The first-order valence-corrected chi connectivity index (χ1v) is 11.4. The van der Waals surface area contributed by atoms with Crippen LogP contribution in [0.3, 0.4) is 0 Å². The van der Waals surface area contributed by atoms with Gasteiger partial charge >= 0.3 is 5.97 Å². The highest BCUT2D eigenvalue weighted by Gasteiger charge is 2.04. The molecule has 0 N–H and O–H groups in total. The van der Waals surface area contributed by atoms with E-state index in [9.17, 15) is 4.79 Å². The number of hydrogen-bond donors (Lipinski definition) is 0. The molecule has 0 saturated carbocycles. The highest BCUT2D eigenvalue weighted by atomic mass is 16.5. The second-order valence-corrected chi connectivity index (χ2v) is 7.45. The van der Waals surface area contributed by atoms with Gasteiger partial charge in [0.2, 0.25) is 0 Å². The second-order valence-electron chi connectivity index (χ2n) is 7.45. The van der Waals surface area contributed by atoms with Crippen LogP contribution < -0.4 is 4.74 Å². The number of rotatable bonds is 17. The van der Waals surface area contributed by atoms with Gasteiger partial charge in [0, 0.05) is 0 Å². The van der Waals surface area contributed by atoms with Crippen molar-refractivity contribution in [2.75, 3.05) is 13.7 Å². The fourth-order valence-corrected chi connectivity index (χ4v) is 3.09. The van der Waals surface area contributed by atoms with E-state index in [1.807, 2.05) is 12.1 Å². The Hall–Kier alpha value is -2.03. The maximum atomic E-state index is 11.4. The number of benzene rings is 1. The third-order valence-electron chi connectivity index (χ3n) is 4.89. The quantitative estimate of drug-likeness (QED) is 0.153. The second kappa shape index (κ2) is 18.0. The molecule has 0 aliphatic rings. The van der Waals surface area contributed by atoms with Crippen LogP contribution in [0.1, 0.15) is 94.3 Å². The summed E-state index contributed by atoms with van der Waals surface area (Å²) in [7, 11) is 1.39. The molecule has 3 heteroatoms. The molecule has 1 rings (SSSR count). The Balaban J connectivity index is 1.90. The Bertz CT molecular complexity index is 572. The summed E-state index contributed by atoms with van der Waals surface area (Å²) < 4.78 is 10.4. The van der Waals surface area contributed by atoms with Gasteiger partial charge in [0.25, 0.3) is 0 Å². The summed E-state index contributed by atoms with van der Waals surface area (Å²) >= 11 is 0. The minimum absolute atomic E-state index is 0.318. The molecule has 0 heterocycles. The lowest BCUT2D eigenvalue weighted by Gasteiger charge is -2.07. The Morgan fingerprint density at radius 1 is 0.793 bits per heavy atom. The monoisotopic (exact) mass is 400 g/mol. The molecular formula is C26H40O3. The van der Waals surface area contributed by atoms with Crippen LogP contribution in [-0.4, -0.2) is 19.7 Å². The average molecular weight is 401 g/mol. The van der Waals surface area contributed by atoms with Crippen LogP contribution in [0.5, 0.6) is 5.75 Å². The standard InChI is InChI=1S/C26H40O3/c1-3-4-5-6-7-8-9-10-11-12-13-14-15-16-17-18-23-29-25-21-19-24(20-22-25)26(27)28-2/h7-8,10-11,19-22H,3-6,9,12-18,23H2,1-2H3/b8-7-,11-10-. The number of allylic oxidation sites excluding steroid dienone is 4. The molecule has 0 atom stereocenters. The normalized spacial score (nSPS) is 11.4. The number of carbonyl (C=O) groups is 1.